The minimum absolute atomic E-state index is 0.0756. The molecule has 5 nitrogen and oxygen atoms in total. The van der Waals surface area contributed by atoms with Crippen LogP contribution < -0.4 is 10.1 Å². The van der Waals surface area contributed by atoms with E-state index in [4.69, 9.17) is 4.74 Å². The molecule has 122 valence electrons. The Hall–Kier alpha value is -2.53. The quantitative estimate of drug-likeness (QED) is 0.732. The van der Waals surface area contributed by atoms with Crippen molar-refractivity contribution in [3.05, 3.63) is 59.7 Å². The summed E-state index contributed by atoms with van der Waals surface area (Å²) >= 11 is 0. The number of phenolic OH excluding ortho intramolecular Hbond substituents is 1. The van der Waals surface area contributed by atoms with Gasteiger partial charge in [0.05, 0.1) is 13.2 Å². The van der Waals surface area contributed by atoms with Crippen LogP contribution in [0.3, 0.4) is 0 Å². The molecule has 0 unspecified atom stereocenters. The fraction of sp³-hybridized carbons (Fsp3) is 0.278. The number of aliphatic hydroxyl groups is 1. The van der Waals surface area contributed by atoms with Gasteiger partial charge in [-0.2, -0.15) is 0 Å². The van der Waals surface area contributed by atoms with Crippen LogP contribution in [0.2, 0.25) is 0 Å². The Bertz CT molecular complexity index is 643. The van der Waals surface area contributed by atoms with Crippen molar-refractivity contribution in [3.63, 3.8) is 0 Å². The normalized spacial score (nSPS) is 11.7. The largest absolute Gasteiger partial charge is 0.504 e. The second-order valence-electron chi connectivity index (χ2n) is 5.24. The molecule has 1 amide bonds. The van der Waals surface area contributed by atoms with E-state index in [2.05, 4.69) is 5.32 Å². The molecule has 0 aliphatic carbocycles. The molecule has 0 bridgehead atoms. The maximum absolute atomic E-state index is 11.9. The Morgan fingerprint density at radius 2 is 1.96 bits per heavy atom. The Morgan fingerprint density at radius 1 is 1.22 bits per heavy atom. The van der Waals surface area contributed by atoms with Gasteiger partial charge in [-0.25, -0.2) is 0 Å². The number of carbonyl (C=O) groups excluding carboxylic acids is 1. The number of ether oxygens (including phenoxy) is 1. The molecule has 0 spiro atoms. The SMILES string of the molecule is COc1cc(CCC(=O)NC[C@@H](O)c2ccccc2)ccc1O. The first-order valence-corrected chi connectivity index (χ1v) is 7.45. The summed E-state index contributed by atoms with van der Waals surface area (Å²) in [5.41, 5.74) is 1.68. The van der Waals surface area contributed by atoms with Gasteiger partial charge in [-0.1, -0.05) is 36.4 Å². The molecule has 0 saturated carbocycles. The highest BCUT2D eigenvalue weighted by Crippen LogP contribution is 2.26. The number of hydrogen-bond acceptors (Lipinski definition) is 4. The lowest BCUT2D eigenvalue weighted by atomic mass is 10.1. The van der Waals surface area contributed by atoms with Crippen LogP contribution in [-0.4, -0.2) is 29.8 Å². The Balaban J connectivity index is 1.79. The molecule has 0 aromatic heterocycles. The van der Waals surface area contributed by atoms with E-state index in [1.54, 1.807) is 18.2 Å². The van der Waals surface area contributed by atoms with Crippen molar-refractivity contribution in [2.24, 2.45) is 0 Å². The molecule has 2 rings (SSSR count). The van der Waals surface area contributed by atoms with Crippen molar-refractivity contribution < 1.29 is 19.7 Å². The van der Waals surface area contributed by atoms with Gasteiger partial charge in [0.2, 0.25) is 5.91 Å². The molecule has 1 atom stereocenters. The molecule has 0 fully saturated rings. The monoisotopic (exact) mass is 315 g/mol. The van der Waals surface area contributed by atoms with Gasteiger partial charge in [-0.15, -0.1) is 0 Å². The summed E-state index contributed by atoms with van der Waals surface area (Å²) in [6, 6.07) is 14.2. The molecule has 23 heavy (non-hydrogen) atoms. The van der Waals surface area contributed by atoms with Crippen LogP contribution in [0.25, 0.3) is 0 Å². The van der Waals surface area contributed by atoms with Gasteiger partial charge in [-0.05, 0) is 29.7 Å². The van der Waals surface area contributed by atoms with Gasteiger partial charge in [0.1, 0.15) is 0 Å². The average molecular weight is 315 g/mol. The zero-order valence-corrected chi connectivity index (χ0v) is 13.0. The van der Waals surface area contributed by atoms with E-state index in [9.17, 15) is 15.0 Å². The number of aliphatic hydroxyl groups excluding tert-OH is 1. The van der Waals surface area contributed by atoms with Crippen LogP contribution in [0.15, 0.2) is 48.5 Å². The van der Waals surface area contributed by atoms with Crippen LogP contribution in [0.1, 0.15) is 23.7 Å². The number of aryl methyl sites for hydroxylation is 1. The topological polar surface area (TPSA) is 78.8 Å². The first kappa shape index (κ1) is 16.8. The van der Waals surface area contributed by atoms with Gasteiger partial charge in [0.25, 0.3) is 0 Å². The number of hydrogen-bond donors (Lipinski definition) is 3. The number of aromatic hydroxyl groups is 1. The summed E-state index contributed by atoms with van der Waals surface area (Å²) in [5, 5.41) is 22.2. The molecule has 0 aliphatic heterocycles. The third kappa shape index (κ3) is 5.00. The molecule has 0 saturated heterocycles. The zero-order valence-electron chi connectivity index (χ0n) is 13.0. The van der Waals surface area contributed by atoms with E-state index in [0.29, 0.717) is 18.6 Å². The number of carbonyl (C=O) groups is 1. The Kier molecular flexibility index (Phi) is 6.00. The van der Waals surface area contributed by atoms with Crippen LogP contribution >= 0.6 is 0 Å². The molecule has 0 aliphatic rings. The lowest BCUT2D eigenvalue weighted by Crippen LogP contribution is -2.28. The lowest BCUT2D eigenvalue weighted by molar-refractivity contribution is -0.121. The van der Waals surface area contributed by atoms with E-state index < -0.39 is 6.10 Å². The zero-order chi connectivity index (χ0) is 16.7. The maximum Gasteiger partial charge on any atom is 0.220 e. The van der Waals surface area contributed by atoms with E-state index in [-0.39, 0.29) is 18.2 Å². The van der Waals surface area contributed by atoms with Crippen molar-refractivity contribution in [1.82, 2.24) is 5.32 Å². The smallest absolute Gasteiger partial charge is 0.220 e. The molecular formula is C18H21NO4. The number of benzene rings is 2. The number of methoxy groups -OCH3 is 1. The van der Waals surface area contributed by atoms with E-state index in [0.717, 1.165) is 11.1 Å². The third-order valence-electron chi connectivity index (χ3n) is 3.56. The molecule has 3 N–H and O–H groups in total. The average Bonchev–Trinajstić information content (AvgIpc) is 2.59. The van der Waals surface area contributed by atoms with Crippen molar-refractivity contribution in [3.8, 4) is 11.5 Å². The van der Waals surface area contributed by atoms with E-state index >= 15 is 0 Å². The first-order valence-electron chi connectivity index (χ1n) is 7.45. The molecule has 0 radical (unpaired) electrons. The molecule has 2 aromatic rings. The van der Waals surface area contributed by atoms with Crippen LogP contribution in [-0.2, 0) is 11.2 Å². The van der Waals surface area contributed by atoms with Crippen molar-refractivity contribution >= 4 is 5.91 Å². The van der Waals surface area contributed by atoms with Crippen molar-refractivity contribution in [1.29, 1.82) is 0 Å². The molecular weight excluding hydrogens is 294 g/mol. The Labute approximate surface area is 135 Å². The predicted molar refractivity (Wildman–Crippen MR) is 87.4 cm³/mol. The molecule has 2 aromatic carbocycles. The number of phenols is 1. The fourth-order valence-corrected chi connectivity index (χ4v) is 2.23. The highest BCUT2D eigenvalue weighted by Gasteiger charge is 2.10. The summed E-state index contributed by atoms with van der Waals surface area (Å²) in [4.78, 5) is 11.9. The van der Waals surface area contributed by atoms with Crippen LogP contribution in [0.5, 0.6) is 11.5 Å². The van der Waals surface area contributed by atoms with Gasteiger partial charge < -0.3 is 20.3 Å². The summed E-state index contributed by atoms with van der Waals surface area (Å²) in [7, 11) is 1.48. The van der Waals surface area contributed by atoms with Gasteiger partial charge >= 0.3 is 0 Å². The fourth-order valence-electron chi connectivity index (χ4n) is 2.23. The summed E-state index contributed by atoms with van der Waals surface area (Å²) < 4.78 is 5.04. The van der Waals surface area contributed by atoms with Crippen molar-refractivity contribution in [2.45, 2.75) is 18.9 Å². The minimum Gasteiger partial charge on any atom is -0.504 e. The second kappa shape index (κ2) is 8.19. The number of amides is 1. The highest BCUT2D eigenvalue weighted by molar-refractivity contribution is 5.76. The highest BCUT2D eigenvalue weighted by atomic mass is 16.5. The predicted octanol–water partition coefficient (Wildman–Crippen LogP) is 2.18. The lowest BCUT2D eigenvalue weighted by Gasteiger charge is -2.12. The van der Waals surface area contributed by atoms with Gasteiger partial charge in [-0.3, -0.25) is 4.79 Å². The Morgan fingerprint density at radius 3 is 2.65 bits per heavy atom. The standard InChI is InChI=1S/C18H21NO4/c1-23-17-11-13(7-9-15(17)20)8-10-18(22)19-12-16(21)14-5-3-2-4-6-14/h2-7,9,11,16,20-21H,8,10,12H2,1H3,(H,19,22)/t16-/m1/s1. The molecule has 0 heterocycles. The van der Waals surface area contributed by atoms with Gasteiger partial charge in [0, 0.05) is 13.0 Å². The minimum atomic E-state index is -0.714. The molecule has 5 heteroatoms. The third-order valence-corrected chi connectivity index (χ3v) is 3.56. The summed E-state index contributed by atoms with van der Waals surface area (Å²) in [6.45, 7) is 0.182. The van der Waals surface area contributed by atoms with Crippen molar-refractivity contribution in [2.75, 3.05) is 13.7 Å². The number of nitrogens with one attached hydrogen (secondary N) is 1. The van der Waals surface area contributed by atoms with E-state index in [1.807, 2.05) is 30.3 Å². The summed E-state index contributed by atoms with van der Waals surface area (Å²) in [5.74, 6) is 0.334. The van der Waals surface area contributed by atoms with Gasteiger partial charge in [0.15, 0.2) is 11.5 Å². The first-order chi connectivity index (χ1) is 11.1. The summed E-state index contributed by atoms with van der Waals surface area (Å²) in [6.07, 6.45) is 0.119. The van der Waals surface area contributed by atoms with Crippen LogP contribution in [0.4, 0.5) is 0 Å². The van der Waals surface area contributed by atoms with Crippen LogP contribution in [0, 0.1) is 0 Å². The number of rotatable bonds is 7. The second-order valence-corrected chi connectivity index (χ2v) is 5.24. The van der Waals surface area contributed by atoms with E-state index in [1.165, 1.54) is 7.11 Å². The maximum atomic E-state index is 11.9.